The fraction of sp³-hybridized carbons (Fsp3) is 0.917. The maximum Gasteiger partial charge on any atom is 0.227 e. The van der Waals surface area contributed by atoms with Crippen molar-refractivity contribution in [3.8, 4) is 0 Å². The van der Waals surface area contributed by atoms with Gasteiger partial charge in [-0.2, -0.15) is 0 Å². The summed E-state index contributed by atoms with van der Waals surface area (Å²) in [4.78, 5) is 12.2. The maximum absolute atomic E-state index is 12.2. The summed E-state index contributed by atoms with van der Waals surface area (Å²) in [5, 5.41) is 15.3. The van der Waals surface area contributed by atoms with Gasteiger partial charge in [0.2, 0.25) is 5.91 Å². The van der Waals surface area contributed by atoms with Gasteiger partial charge in [0.05, 0.1) is 18.1 Å². The highest BCUT2D eigenvalue weighted by Gasteiger charge is 2.38. The summed E-state index contributed by atoms with van der Waals surface area (Å²) in [7, 11) is 0. The molecule has 2 atom stereocenters. The Morgan fingerprint density at radius 2 is 2.31 bits per heavy atom. The number of aliphatic hydroxyl groups is 1. The Hall–Kier alpha value is -0.610. The van der Waals surface area contributed by atoms with E-state index in [-0.39, 0.29) is 24.0 Å². The Labute approximate surface area is 97.8 Å². The average molecular weight is 228 g/mol. The Kier molecular flexibility index (Phi) is 5.22. The fourth-order valence-electron chi connectivity index (χ4n) is 2.24. The molecule has 16 heavy (non-hydrogen) atoms. The van der Waals surface area contributed by atoms with E-state index in [1.807, 2.05) is 6.92 Å². The molecular formula is C12H24N2O2. The molecule has 1 rings (SSSR count). The van der Waals surface area contributed by atoms with Crippen LogP contribution in [0.5, 0.6) is 0 Å². The average Bonchev–Trinajstić information content (AvgIpc) is 2.36. The van der Waals surface area contributed by atoms with E-state index >= 15 is 0 Å². The normalized spacial score (nSPS) is 27.4. The van der Waals surface area contributed by atoms with Gasteiger partial charge in [-0.25, -0.2) is 0 Å². The highest BCUT2D eigenvalue weighted by Crippen LogP contribution is 2.30. The van der Waals surface area contributed by atoms with E-state index in [9.17, 15) is 4.79 Å². The first-order valence-corrected chi connectivity index (χ1v) is 6.31. The molecule has 0 aliphatic carbocycles. The summed E-state index contributed by atoms with van der Waals surface area (Å²) in [5.74, 6) is 0.100. The van der Waals surface area contributed by atoms with Gasteiger partial charge in [-0.1, -0.05) is 13.8 Å². The fourth-order valence-corrected chi connectivity index (χ4v) is 2.24. The van der Waals surface area contributed by atoms with Crippen LogP contribution >= 0.6 is 0 Å². The monoisotopic (exact) mass is 228 g/mol. The molecule has 3 N–H and O–H groups in total. The lowest BCUT2D eigenvalue weighted by atomic mass is 9.77. The third-order valence-electron chi connectivity index (χ3n) is 3.68. The smallest absolute Gasteiger partial charge is 0.227 e. The second-order valence-corrected chi connectivity index (χ2v) is 4.68. The lowest BCUT2D eigenvalue weighted by Gasteiger charge is -2.36. The van der Waals surface area contributed by atoms with Gasteiger partial charge in [0.25, 0.3) is 0 Å². The maximum atomic E-state index is 12.2. The van der Waals surface area contributed by atoms with Crippen LogP contribution in [-0.2, 0) is 4.79 Å². The van der Waals surface area contributed by atoms with E-state index in [0.29, 0.717) is 0 Å². The highest BCUT2D eigenvalue weighted by molar-refractivity contribution is 5.83. The van der Waals surface area contributed by atoms with Crippen LogP contribution in [0.1, 0.15) is 39.5 Å². The molecule has 1 aliphatic rings. The zero-order valence-corrected chi connectivity index (χ0v) is 10.4. The number of hydrogen-bond donors (Lipinski definition) is 3. The molecule has 0 aromatic heterocycles. The van der Waals surface area contributed by atoms with Gasteiger partial charge in [0, 0.05) is 6.54 Å². The molecule has 0 spiro atoms. The second-order valence-electron chi connectivity index (χ2n) is 4.68. The van der Waals surface area contributed by atoms with Crippen molar-refractivity contribution in [3.05, 3.63) is 0 Å². The lowest BCUT2D eigenvalue weighted by molar-refractivity contribution is -0.133. The number of rotatable bonds is 5. The van der Waals surface area contributed by atoms with Gasteiger partial charge < -0.3 is 15.7 Å². The van der Waals surface area contributed by atoms with Crippen molar-refractivity contribution < 1.29 is 9.90 Å². The summed E-state index contributed by atoms with van der Waals surface area (Å²) < 4.78 is 0. The molecule has 94 valence electrons. The van der Waals surface area contributed by atoms with Gasteiger partial charge >= 0.3 is 0 Å². The number of piperidine rings is 1. The van der Waals surface area contributed by atoms with Crippen LogP contribution in [0.25, 0.3) is 0 Å². The minimum absolute atomic E-state index is 0.0233. The third kappa shape index (κ3) is 2.95. The molecule has 4 nitrogen and oxygen atoms in total. The minimum atomic E-state index is -0.263. The number of carbonyl (C=O) groups excluding carboxylic acids is 1. The Bertz CT molecular complexity index is 221. The van der Waals surface area contributed by atoms with Crippen molar-refractivity contribution in [2.24, 2.45) is 5.41 Å². The van der Waals surface area contributed by atoms with E-state index in [2.05, 4.69) is 17.6 Å². The molecule has 1 fully saturated rings. The number of carbonyl (C=O) groups is 1. The van der Waals surface area contributed by atoms with Gasteiger partial charge in [-0.05, 0) is 32.2 Å². The number of hydrogen-bond acceptors (Lipinski definition) is 3. The first-order valence-electron chi connectivity index (χ1n) is 6.31. The van der Waals surface area contributed by atoms with Crippen LogP contribution in [0, 0.1) is 5.41 Å². The predicted molar refractivity (Wildman–Crippen MR) is 64.1 cm³/mol. The predicted octanol–water partition coefficient (Wildman–Crippen LogP) is 0.653. The molecule has 1 amide bonds. The molecule has 0 bridgehead atoms. The van der Waals surface area contributed by atoms with Gasteiger partial charge in [-0.3, -0.25) is 4.79 Å². The summed E-state index contributed by atoms with van der Waals surface area (Å²) >= 11 is 0. The lowest BCUT2D eigenvalue weighted by Crippen LogP contribution is -2.53. The van der Waals surface area contributed by atoms with Gasteiger partial charge in [-0.15, -0.1) is 0 Å². The molecule has 4 heteroatoms. The summed E-state index contributed by atoms with van der Waals surface area (Å²) in [6, 6.07) is -0.0992. The topological polar surface area (TPSA) is 61.4 Å². The number of aliphatic hydroxyl groups excluding tert-OH is 1. The van der Waals surface area contributed by atoms with Crippen LogP contribution in [0.2, 0.25) is 0 Å². The molecule has 0 aromatic carbocycles. The highest BCUT2D eigenvalue weighted by atomic mass is 16.3. The molecule has 1 heterocycles. The Balaban J connectivity index is 2.61. The quantitative estimate of drug-likeness (QED) is 0.647. The van der Waals surface area contributed by atoms with E-state index < -0.39 is 0 Å². The van der Waals surface area contributed by atoms with E-state index in [1.165, 1.54) is 0 Å². The SMILES string of the molecule is CCC(CO)NC(=O)C1(CC)CCCNC1. The zero-order chi connectivity index (χ0) is 12.0. The van der Waals surface area contributed by atoms with Crippen LogP contribution < -0.4 is 10.6 Å². The molecule has 1 aliphatic heterocycles. The van der Waals surface area contributed by atoms with Crippen molar-refractivity contribution in [3.63, 3.8) is 0 Å². The van der Waals surface area contributed by atoms with E-state index in [1.54, 1.807) is 0 Å². The van der Waals surface area contributed by atoms with Crippen molar-refractivity contribution in [2.45, 2.75) is 45.6 Å². The van der Waals surface area contributed by atoms with Crippen molar-refractivity contribution in [1.29, 1.82) is 0 Å². The largest absolute Gasteiger partial charge is 0.394 e. The molecule has 0 saturated carbocycles. The second kappa shape index (κ2) is 6.21. The van der Waals surface area contributed by atoms with E-state index in [4.69, 9.17) is 5.11 Å². The zero-order valence-electron chi connectivity index (χ0n) is 10.4. The van der Waals surface area contributed by atoms with Gasteiger partial charge in [0.1, 0.15) is 0 Å². The van der Waals surface area contributed by atoms with Crippen LogP contribution in [-0.4, -0.2) is 36.8 Å². The summed E-state index contributed by atoms with van der Waals surface area (Å²) in [6.07, 6.45) is 3.63. The molecule has 0 aromatic rings. The van der Waals surface area contributed by atoms with Crippen LogP contribution in [0.15, 0.2) is 0 Å². The van der Waals surface area contributed by atoms with Crippen molar-refractivity contribution >= 4 is 5.91 Å². The minimum Gasteiger partial charge on any atom is -0.394 e. The van der Waals surface area contributed by atoms with E-state index in [0.717, 1.165) is 38.8 Å². The first kappa shape index (κ1) is 13.5. The van der Waals surface area contributed by atoms with Crippen LogP contribution in [0.3, 0.4) is 0 Å². The number of nitrogens with one attached hydrogen (secondary N) is 2. The molecule has 1 saturated heterocycles. The first-order chi connectivity index (χ1) is 7.68. The van der Waals surface area contributed by atoms with Crippen LogP contribution in [0.4, 0.5) is 0 Å². The standard InChI is InChI=1S/C12H24N2O2/c1-3-10(8-15)14-11(16)12(4-2)6-5-7-13-9-12/h10,13,15H,3-9H2,1-2H3,(H,14,16). The summed E-state index contributed by atoms with van der Waals surface area (Å²) in [6.45, 7) is 5.82. The Morgan fingerprint density at radius 3 is 2.75 bits per heavy atom. The molecular weight excluding hydrogens is 204 g/mol. The molecule has 0 radical (unpaired) electrons. The number of amides is 1. The Morgan fingerprint density at radius 1 is 1.56 bits per heavy atom. The summed E-state index contributed by atoms with van der Waals surface area (Å²) in [5.41, 5.74) is -0.263. The molecule has 2 unspecified atom stereocenters. The van der Waals surface area contributed by atoms with Crippen molar-refractivity contribution in [1.82, 2.24) is 10.6 Å². The van der Waals surface area contributed by atoms with Crippen molar-refractivity contribution in [2.75, 3.05) is 19.7 Å². The van der Waals surface area contributed by atoms with Gasteiger partial charge in [0.15, 0.2) is 0 Å². The third-order valence-corrected chi connectivity index (χ3v) is 3.68.